The van der Waals surface area contributed by atoms with E-state index < -0.39 is 11.0 Å². The Balaban J connectivity index is 1.87. The molecule has 0 aromatic rings. The van der Waals surface area contributed by atoms with Gasteiger partial charge in [0, 0.05) is 47.7 Å². The van der Waals surface area contributed by atoms with Crippen LogP contribution >= 0.6 is 0 Å². The van der Waals surface area contributed by atoms with Crippen LogP contribution in [0.3, 0.4) is 0 Å². The van der Waals surface area contributed by atoms with E-state index in [0.717, 1.165) is 29.6 Å². The molecule has 0 aromatic heterocycles. The second-order valence-corrected chi connectivity index (χ2v) is 12.9. The number of carbonyl (C=O) groups excluding carboxylic acids is 2. The number of esters is 1. The maximum atomic E-state index is 12.9. The summed E-state index contributed by atoms with van der Waals surface area (Å²) >= 11 is 0. The Kier molecular flexibility index (Phi) is 10.4. The maximum Gasteiger partial charge on any atom is 0.306 e. The second-order valence-electron chi connectivity index (χ2n) is 12.9. The Morgan fingerprint density at radius 1 is 0.680 bits per heavy atom. The highest BCUT2D eigenvalue weighted by Crippen LogP contribution is 2.72. The van der Waals surface area contributed by atoms with Crippen LogP contribution in [0.25, 0.3) is 0 Å². The van der Waals surface area contributed by atoms with E-state index in [1.165, 1.54) is 0 Å². The maximum absolute atomic E-state index is 12.9. The molecule has 1 spiro atoms. The standard InChI is InChI=1S/C47H30O3/c1-6-9-12-14-15-16-17-18-19-20-21-23-25-36-35-47(33-30-42(49)50-47)46(5)32-29-40-43(44(36)46)39(27-24-13-10-7-2)38(26-22-11-8-3)41-34-37(48)28-31-45(40,41)4/h34,40,43-44H,1-3,28-33,35H2,4-5H3/t40-,43?,44-,45-,46?,47-/m0/s1. The van der Waals surface area contributed by atoms with Crippen molar-refractivity contribution in [1.29, 1.82) is 0 Å². The van der Waals surface area contributed by atoms with Crippen LogP contribution in [-0.4, -0.2) is 17.4 Å². The summed E-state index contributed by atoms with van der Waals surface area (Å²) in [6, 6.07) is 0. The van der Waals surface area contributed by atoms with E-state index in [0.29, 0.717) is 37.7 Å². The molecule has 1 aliphatic heterocycles. The van der Waals surface area contributed by atoms with Crippen molar-refractivity contribution in [3.8, 4) is 0 Å². The summed E-state index contributed by atoms with van der Waals surface area (Å²) < 4.78 is 6.28. The highest BCUT2D eigenvalue weighted by Gasteiger charge is 2.70. The van der Waals surface area contributed by atoms with Crippen molar-refractivity contribution in [2.24, 2.45) is 28.6 Å². The average molecular weight is 643 g/mol. The minimum atomic E-state index is -0.692. The predicted molar refractivity (Wildman–Crippen MR) is 186 cm³/mol. The van der Waals surface area contributed by atoms with Crippen molar-refractivity contribution in [3.05, 3.63) is 174 Å². The summed E-state index contributed by atoms with van der Waals surface area (Å²) in [4.78, 5) is 25.7. The number of allylic oxidation sites excluding steroid dienone is 3. The lowest BCUT2D eigenvalue weighted by molar-refractivity contribution is -0.165. The van der Waals surface area contributed by atoms with E-state index >= 15 is 0 Å². The van der Waals surface area contributed by atoms with Gasteiger partial charge in [-0.15, -0.1) is 0 Å². The van der Waals surface area contributed by atoms with E-state index in [4.69, 9.17) is 4.74 Å². The molecule has 236 valence electrons. The van der Waals surface area contributed by atoms with Crippen molar-refractivity contribution >= 4 is 11.8 Å². The molecular formula is C47H30O3. The van der Waals surface area contributed by atoms with Crippen molar-refractivity contribution in [2.45, 2.75) is 64.4 Å². The molecular weight excluding hydrogens is 613 g/mol. The van der Waals surface area contributed by atoms with Crippen LogP contribution in [0.5, 0.6) is 0 Å². The molecule has 50 heavy (non-hydrogen) atoms. The molecule has 3 heteroatoms. The first kappa shape index (κ1) is 34.6. The predicted octanol–water partition coefficient (Wildman–Crippen LogP) is 8.50. The lowest BCUT2D eigenvalue weighted by Crippen LogP contribution is -2.55. The number of fused-ring (bicyclic) bond motifs is 6. The van der Waals surface area contributed by atoms with Crippen LogP contribution < -0.4 is 0 Å². The summed E-state index contributed by atoms with van der Waals surface area (Å²) in [6.07, 6.45) is 6.08. The lowest BCUT2D eigenvalue weighted by Gasteiger charge is -2.59. The summed E-state index contributed by atoms with van der Waals surface area (Å²) in [7, 11) is 0. The Bertz CT molecular complexity index is 2570. The summed E-state index contributed by atoms with van der Waals surface area (Å²) in [6.45, 7) is 15.0. The first-order valence-corrected chi connectivity index (χ1v) is 16.2. The number of ketones is 1. The number of rotatable bonds is 0. The van der Waals surface area contributed by atoms with Gasteiger partial charge in [0.15, 0.2) is 5.78 Å². The molecule has 2 unspecified atom stereocenters. The molecule has 0 bridgehead atoms. The minimum Gasteiger partial charge on any atom is -0.458 e. The molecule has 5 rings (SSSR count). The van der Waals surface area contributed by atoms with Gasteiger partial charge in [0.1, 0.15) is 5.60 Å². The molecule has 0 aromatic carbocycles. The van der Waals surface area contributed by atoms with E-state index in [9.17, 15) is 9.59 Å². The number of ether oxygens (including phenoxy) is 1. The molecule has 0 radical (unpaired) electrons. The molecule has 1 saturated heterocycles. The van der Waals surface area contributed by atoms with Gasteiger partial charge in [-0.3, -0.25) is 9.59 Å². The fourth-order valence-corrected chi connectivity index (χ4v) is 8.51. The molecule has 5 aliphatic rings. The molecule has 3 saturated carbocycles. The van der Waals surface area contributed by atoms with Gasteiger partial charge in [-0.25, -0.2) is 0 Å². The van der Waals surface area contributed by atoms with Gasteiger partial charge in [0.25, 0.3) is 0 Å². The topological polar surface area (TPSA) is 43.4 Å². The van der Waals surface area contributed by atoms with Crippen LogP contribution in [0, 0.1) is 28.6 Å². The summed E-state index contributed by atoms with van der Waals surface area (Å²) in [5.74, 6) is -0.264. The Labute approximate surface area is 292 Å². The fourth-order valence-electron chi connectivity index (χ4n) is 8.51. The van der Waals surface area contributed by atoms with E-state index in [-0.39, 0.29) is 34.9 Å². The van der Waals surface area contributed by atoms with Crippen LogP contribution in [0.15, 0.2) is 174 Å². The van der Waals surface area contributed by atoms with Crippen LogP contribution in [0.1, 0.15) is 58.8 Å². The first-order chi connectivity index (χ1) is 24.2. The van der Waals surface area contributed by atoms with Crippen LogP contribution in [-0.2, 0) is 14.3 Å². The van der Waals surface area contributed by atoms with Gasteiger partial charge >= 0.3 is 5.97 Å². The number of hydrogen-bond donors (Lipinski definition) is 0. The zero-order chi connectivity index (χ0) is 35.6. The first-order valence-electron chi connectivity index (χ1n) is 16.2. The normalized spacial score (nSPS) is 28.4. The highest BCUT2D eigenvalue weighted by molar-refractivity contribution is 5.93. The smallest absolute Gasteiger partial charge is 0.306 e. The Morgan fingerprint density at radius 3 is 1.86 bits per heavy atom. The van der Waals surface area contributed by atoms with E-state index in [1.807, 2.05) is 0 Å². The quantitative estimate of drug-likeness (QED) is 0.197. The molecule has 0 N–H and O–H groups in total. The van der Waals surface area contributed by atoms with Gasteiger partial charge in [0.2, 0.25) is 0 Å². The minimum absolute atomic E-state index is 0.0699. The lowest BCUT2D eigenvalue weighted by atomic mass is 9.44. The van der Waals surface area contributed by atoms with Gasteiger partial charge in [-0.2, -0.15) is 0 Å². The van der Waals surface area contributed by atoms with Crippen molar-refractivity contribution in [2.75, 3.05) is 0 Å². The van der Waals surface area contributed by atoms with Gasteiger partial charge < -0.3 is 4.74 Å². The monoisotopic (exact) mass is 642 g/mol. The Hall–Kier alpha value is -6.74. The molecule has 6 atom stereocenters. The van der Waals surface area contributed by atoms with Crippen molar-refractivity contribution < 1.29 is 14.3 Å². The SMILES string of the molecule is C=C=C=C=C=C=C=C=C=C=C=C=C=C=C1C[C@@]2(CCC(=O)O2)C2(C)CC[C@H]3C(C(=C=C=C=C=C=C)C(=C=C=C=C=C)C4=CC(=O)CC[C@]43C)[C@H]12. The zero-order valence-corrected chi connectivity index (χ0v) is 28.1. The van der Waals surface area contributed by atoms with Gasteiger partial charge in [-0.05, 0) is 166 Å². The third-order valence-corrected chi connectivity index (χ3v) is 10.6. The molecule has 0 amide bonds. The molecule has 1 heterocycles. The average Bonchev–Trinajstić information content (AvgIpc) is 3.60. The third-order valence-electron chi connectivity index (χ3n) is 10.6. The number of hydrogen-bond acceptors (Lipinski definition) is 3. The zero-order valence-electron chi connectivity index (χ0n) is 28.1. The van der Waals surface area contributed by atoms with E-state index in [2.05, 4.69) is 160 Å². The summed E-state index contributed by atoms with van der Waals surface area (Å²) in [5.41, 5.74) is 63.0. The van der Waals surface area contributed by atoms with Crippen LogP contribution in [0.2, 0.25) is 0 Å². The second kappa shape index (κ2) is 15.0. The molecule has 4 aliphatic carbocycles. The van der Waals surface area contributed by atoms with Gasteiger partial charge in [0.05, 0.1) is 0 Å². The van der Waals surface area contributed by atoms with Gasteiger partial charge in [-0.1, -0.05) is 48.2 Å². The molecule has 3 nitrogen and oxygen atoms in total. The number of carbonyl (C=O) groups is 2. The van der Waals surface area contributed by atoms with Crippen molar-refractivity contribution in [3.63, 3.8) is 0 Å². The Morgan fingerprint density at radius 2 is 1.24 bits per heavy atom. The molecule has 4 fully saturated rings. The third kappa shape index (κ3) is 6.52. The fraction of sp³-hybridized carbons (Fsp3) is 0.319. The largest absolute Gasteiger partial charge is 0.458 e. The highest BCUT2D eigenvalue weighted by atomic mass is 16.6. The summed E-state index contributed by atoms with van der Waals surface area (Å²) in [5, 5.41) is 0. The van der Waals surface area contributed by atoms with E-state index in [1.54, 1.807) is 6.08 Å². The van der Waals surface area contributed by atoms with Crippen molar-refractivity contribution in [1.82, 2.24) is 0 Å². The van der Waals surface area contributed by atoms with Crippen LogP contribution in [0.4, 0.5) is 0 Å².